The quantitative estimate of drug-likeness (QED) is 0.639. The van der Waals surface area contributed by atoms with Crippen molar-refractivity contribution in [3.05, 3.63) is 50.1 Å². The van der Waals surface area contributed by atoms with E-state index in [1.807, 2.05) is 12.1 Å². The number of rotatable bonds is 5. The Bertz CT molecular complexity index is 725. The van der Waals surface area contributed by atoms with Gasteiger partial charge in [0.1, 0.15) is 6.20 Å². The van der Waals surface area contributed by atoms with E-state index < -0.39 is 4.92 Å². The second kappa shape index (κ2) is 7.00. The monoisotopic (exact) mass is 372 g/mol. The maximum absolute atomic E-state index is 10.7. The van der Waals surface area contributed by atoms with Gasteiger partial charge in [0.05, 0.1) is 4.92 Å². The van der Waals surface area contributed by atoms with Gasteiger partial charge >= 0.3 is 5.00 Å². The molecule has 0 aliphatic carbocycles. The van der Waals surface area contributed by atoms with Gasteiger partial charge in [-0.25, -0.2) is 4.98 Å². The van der Waals surface area contributed by atoms with E-state index in [4.69, 9.17) is 23.2 Å². The molecule has 9 heteroatoms. The third-order valence-corrected chi connectivity index (χ3v) is 5.31. The van der Waals surface area contributed by atoms with Crippen LogP contribution in [0.2, 0.25) is 10.0 Å². The molecular formula is C14H14Cl2N4O2S. The van der Waals surface area contributed by atoms with Crippen LogP contribution in [0.1, 0.15) is 12.0 Å². The number of nitrogens with zero attached hydrogens (tertiary/aromatic N) is 3. The Morgan fingerprint density at radius 1 is 1.48 bits per heavy atom. The van der Waals surface area contributed by atoms with Crippen LogP contribution >= 0.6 is 34.5 Å². The average Bonchev–Trinajstić information content (AvgIpc) is 3.15. The summed E-state index contributed by atoms with van der Waals surface area (Å²) in [6.07, 6.45) is 2.27. The van der Waals surface area contributed by atoms with Crippen molar-refractivity contribution in [3.8, 4) is 0 Å². The Morgan fingerprint density at radius 3 is 3.00 bits per heavy atom. The molecule has 0 spiro atoms. The minimum absolute atomic E-state index is 0.0735. The van der Waals surface area contributed by atoms with Crippen LogP contribution in [0.4, 0.5) is 10.1 Å². The van der Waals surface area contributed by atoms with Gasteiger partial charge < -0.3 is 10.2 Å². The third-order valence-electron chi connectivity index (χ3n) is 3.72. The molecule has 0 radical (unpaired) electrons. The van der Waals surface area contributed by atoms with Crippen molar-refractivity contribution < 1.29 is 4.92 Å². The Labute approximate surface area is 147 Å². The first kappa shape index (κ1) is 16.4. The first-order chi connectivity index (χ1) is 11.0. The third kappa shape index (κ3) is 3.92. The minimum atomic E-state index is -0.407. The number of nitro groups is 1. The Morgan fingerprint density at radius 2 is 2.30 bits per heavy atom. The predicted molar refractivity (Wildman–Crippen MR) is 92.7 cm³/mol. The molecule has 1 aromatic carbocycles. The number of aromatic nitrogens is 1. The zero-order valence-electron chi connectivity index (χ0n) is 12.0. The van der Waals surface area contributed by atoms with E-state index in [9.17, 15) is 10.1 Å². The molecule has 23 heavy (non-hydrogen) atoms. The lowest BCUT2D eigenvalue weighted by Crippen LogP contribution is -2.32. The molecular weight excluding hydrogens is 359 g/mol. The van der Waals surface area contributed by atoms with E-state index in [1.165, 1.54) is 6.20 Å². The molecule has 1 saturated heterocycles. The van der Waals surface area contributed by atoms with Gasteiger partial charge in [0.25, 0.3) is 0 Å². The molecule has 1 fully saturated rings. The SMILES string of the molecule is O=[N+]([O-])c1cnc(N2CCC(NCc3ccc(Cl)cc3Cl)C2)s1. The first-order valence-corrected chi connectivity index (χ1v) is 8.62. The topological polar surface area (TPSA) is 71.3 Å². The van der Waals surface area contributed by atoms with E-state index in [0.717, 1.165) is 36.4 Å². The van der Waals surface area contributed by atoms with E-state index >= 15 is 0 Å². The molecule has 1 aromatic heterocycles. The maximum Gasteiger partial charge on any atom is 0.345 e. The van der Waals surface area contributed by atoms with Crippen LogP contribution in [0.15, 0.2) is 24.4 Å². The highest BCUT2D eigenvalue weighted by molar-refractivity contribution is 7.18. The average molecular weight is 373 g/mol. The van der Waals surface area contributed by atoms with Crippen molar-refractivity contribution in [2.75, 3.05) is 18.0 Å². The summed E-state index contributed by atoms with van der Waals surface area (Å²) in [5, 5.41) is 16.2. The second-order valence-corrected chi connectivity index (χ2v) is 7.12. The molecule has 1 aliphatic rings. The molecule has 1 atom stereocenters. The van der Waals surface area contributed by atoms with Gasteiger partial charge in [0, 0.05) is 35.7 Å². The maximum atomic E-state index is 10.7. The smallest absolute Gasteiger partial charge is 0.345 e. The van der Waals surface area contributed by atoms with Crippen molar-refractivity contribution in [1.29, 1.82) is 0 Å². The zero-order chi connectivity index (χ0) is 16.4. The highest BCUT2D eigenvalue weighted by Crippen LogP contribution is 2.30. The lowest BCUT2D eigenvalue weighted by atomic mass is 10.2. The molecule has 2 aromatic rings. The van der Waals surface area contributed by atoms with Gasteiger partial charge in [0.2, 0.25) is 0 Å². The molecule has 122 valence electrons. The van der Waals surface area contributed by atoms with Crippen LogP contribution in [-0.2, 0) is 6.54 Å². The van der Waals surface area contributed by atoms with Crippen LogP contribution < -0.4 is 10.2 Å². The van der Waals surface area contributed by atoms with Gasteiger partial charge in [-0.1, -0.05) is 29.3 Å². The summed E-state index contributed by atoms with van der Waals surface area (Å²) in [7, 11) is 0. The lowest BCUT2D eigenvalue weighted by molar-refractivity contribution is -0.380. The molecule has 1 N–H and O–H groups in total. The normalized spacial score (nSPS) is 17.7. The number of hydrogen-bond acceptors (Lipinski definition) is 6. The van der Waals surface area contributed by atoms with Crippen LogP contribution in [-0.4, -0.2) is 29.0 Å². The molecule has 1 unspecified atom stereocenters. The molecule has 0 bridgehead atoms. The van der Waals surface area contributed by atoms with Crippen molar-refractivity contribution in [3.63, 3.8) is 0 Å². The van der Waals surface area contributed by atoms with Crippen molar-refractivity contribution in [2.45, 2.75) is 19.0 Å². The van der Waals surface area contributed by atoms with Crippen molar-refractivity contribution >= 4 is 44.7 Å². The number of benzene rings is 1. The van der Waals surface area contributed by atoms with E-state index in [1.54, 1.807) is 6.07 Å². The summed E-state index contributed by atoms with van der Waals surface area (Å²) in [5.41, 5.74) is 0.999. The summed E-state index contributed by atoms with van der Waals surface area (Å²) in [6, 6.07) is 5.76. The summed E-state index contributed by atoms with van der Waals surface area (Å²) in [4.78, 5) is 16.5. The van der Waals surface area contributed by atoms with Crippen LogP contribution in [0.25, 0.3) is 0 Å². The van der Waals surface area contributed by atoms with Crippen molar-refractivity contribution in [1.82, 2.24) is 10.3 Å². The Balaban J connectivity index is 1.56. The molecule has 3 rings (SSSR count). The molecule has 0 amide bonds. The van der Waals surface area contributed by atoms with Gasteiger partial charge in [0.15, 0.2) is 5.13 Å². The fraction of sp³-hybridized carbons (Fsp3) is 0.357. The highest BCUT2D eigenvalue weighted by atomic mass is 35.5. The number of nitrogens with one attached hydrogen (secondary N) is 1. The van der Waals surface area contributed by atoms with E-state index in [-0.39, 0.29) is 5.00 Å². The standard InChI is InChI=1S/C14H14Cl2N4O2S/c15-10-2-1-9(12(16)5-10)6-17-11-3-4-19(8-11)14-18-7-13(23-14)20(21)22/h1-2,5,7,11,17H,3-4,6,8H2. The summed E-state index contributed by atoms with van der Waals surface area (Å²) >= 11 is 13.2. The first-order valence-electron chi connectivity index (χ1n) is 7.05. The molecule has 1 aliphatic heterocycles. The van der Waals surface area contributed by atoms with Gasteiger partial charge in [-0.15, -0.1) is 0 Å². The number of anilines is 1. The van der Waals surface area contributed by atoms with Gasteiger partial charge in [-0.2, -0.15) is 0 Å². The summed E-state index contributed by atoms with van der Waals surface area (Å²) in [6.45, 7) is 2.26. The van der Waals surface area contributed by atoms with E-state index in [0.29, 0.717) is 27.8 Å². The Kier molecular flexibility index (Phi) is 5.01. The number of halogens is 2. The van der Waals surface area contributed by atoms with Crippen LogP contribution in [0.5, 0.6) is 0 Å². The van der Waals surface area contributed by atoms with Crippen LogP contribution in [0, 0.1) is 10.1 Å². The summed E-state index contributed by atoms with van der Waals surface area (Å²) < 4.78 is 0. The highest BCUT2D eigenvalue weighted by Gasteiger charge is 2.26. The van der Waals surface area contributed by atoms with Gasteiger partial charge in [-0.05, 0) is 35.5 Å². The fourth-order valence-corrected chi connectivity index (χ4v) is 3.75. The number of hydrogen-bond donors (Lipinski definition) is 1. The second-order valence-electron chi connectivity index (χ2n) is 5.29. The minimum Gasteiger partial charge on any atom is -0.346 e. The van der Waals surface area contributed by atoms with Gasteiger partial charge in [-0.3, -0.25) is 10.1 Å². The molecule has 0 saturated carbocycles. The number of thiazole rings is 1. The Hall–Kier alpha value is -1.41. The molecule has 6 nitrogen and oxygen atoms in total. The summed E-state index contributed by atoms with van der Waals surface area (Å²) in [5.74, 6) is 0. The lowest BCUT2D eigenvalue weighted by Gasteiger charge is -2.16. The van der Waals surface area contributed by atoms with E-state index in [2.05, 4.69) is 15.2 Å². The molecule has 2 heterocycles. The van der Waals surface area contributed by atoms with Crippen molar-refractivity contribution in [2.24, 2.45) is 0 Å². The fourth-order valence-electron chi connectivity index (χ4n) is 2.51. The largest absolute Gasteiger partial charge is 0.346 e. The van der Waals surface area contributed by atoms with Crippen LogP contribution in [0.3, 0.4) is 0 Å². The predicted octanol–water partition coefficient (Wildman–Crippen LogP) is 3.73. The zero-order valence-corrected chi connectivity index (χ0v) is 14.4.